The van der Waals surface area contributed by atoms with Gasteiger partial charge in [-0.3, -0.25) is 0 Å². The Morgan fingerprint density at radius 2 is 0.778 bits per heavy atom. The lowest BCUT2D eigenvalue weighted by Gasteiger charge is -1.97. The molecule has 0 bridgehead atoms. The normalized spacial score (nSPS) is 10.1. The second kappa shape index (κ2) is 16.6. The third-order valence-corrected chi connectivity index (χ3v) is 3.44. The van der Waals surface area contributed by atoms with Crippen LogP contribution >= 0.6 is 0 Å². The van der Waals surface area contributed by atoms with Crippen LogP contribution < -0.4 is 0 Å². The number of rotatable bonds is 12. The Balaban J connectivity index is 3.05. The molecular formula is C18H34. The van der Waals surface area contributed by atoms with Gasteiger partial charge in [0.1, 0.15) is 0 Å². The Morgan fingerprint density at radius 1 is 0.444 bits per heavy atom. The number of hydrogen-bond acceptors (Lipinski definition) is 0. The van der Waals surface area contributed by atoms with Gasteiger partial charge in [0.15, 0.2) is 0 Å². The van der Waals surface area contributed by atoms with Crippen molar-refractivity contribution in [2.24, 2.45) is 0 Å². The van der Waals surface area contributed by atoms with Crippen molar-refractivity contribution in [2.75, 3.05) is 0 Å². The lowest BCUT2D eigenvalue weighted by atomic mass is 10.1. The predicted molar refractivity (Wildman–Crippen MR) is 83.8 cm³/mol. The average Bonchev–Trinajstić information content (AvgIpc) is 2.39. The highest BCUT2D eigenvalue weighted by atomic mass is 13.9. The summed E-state index contributed by atoms with van der Waals surface area (Å²) in [6.07, 6.45) is 18.8. The maximum atomic E-state index is 3.33. The van der Waals surface area contributed by atoms with E-state index in [1.807, 2.05) is 0 Å². The second-order valence-electron chi connectivity index (χ2n) is 5.39. The predicted octanol–water partition coefficient (Wildman–Crippen LogP) is 6.49. The van der Waals surface area contributed by atoms with E-state index < -0.39 is 0 Å². The van der Waals surface area contributed by atoms with Crippen molar-refractivity contribution in [3.05, 3.63) is 0 Å². The molecule has 0 heteroatoms. The molecule has 0 saturated heterocycles. The van der Waals surface area contributed by atoms with Crippen molar-refractivity contribution in [1.29, 1.82) is 0 Å². The fourth-order valence-electron chi connectivity index (χ4n) is 2.16. The number of hydrogen-bond donors (Lipinski definition) is 0. The topological polar surface area (TPSA) is 0 Å². The highest BCUT2D eigenvalue weighted by Crippen LogP contribution is 2.07. The molecule has 0 atom stereocenters. The maximum absolute atomic E-state index is 3.33. The highest BCUT2D eigenvalue weighted by molar-refractivity contribution is 4.98. The Bertz CT molecular complexity index is 174. The highest BCUT2D eigenvalue weighted by Gasteiger charge is 1.89. The summed E-state index contributed by atoms with van der Waals surface area (Å²) in [5.41, 5.74) is 0. The number of unbranched alkanes of at least 4 members (excludes halogenated alkanes) is 12. The van der Waals surface area contributed by atoms with E-state index in [1.165, 1.54) is 77.0 Å². The molecule has 0 fully saturated rings. The van der Waals surface area contributed by atoms with Crippen LogP contribution in [-0.2, 0) is 0 Å². The first-order valence-corrected chi connectivity index (χ1v) is 8.37. The van der Waals surface area contributed by atoms with Crippen molar-refractivity contribution < 1.29 is 0 Å². The summed E-state index contributed by atoms with van der Waals surface area (Å²) in [5.74, 6) is 6.66. The molecule has 0 aliphatic carbocycles. The molecule has 0 heterocycles. The second-order valence-corrected chi connectivity index (χ2v) is 5.39. The van der Waals surface area contributed by atoms with E-state index in [0.717, 1.165) is 12.8 Å². The zero-order valence-electron chi connectivity index (χ0n) is 12.9. The third-order valence-electron chi connectivity index (χ3n) is 3.44. The zero-order chi connectivity index (χ0) is 13.3. The molecule has 0 saturated carbocycles. The summed E-state index contributed by atoms with van der Waals surface area (Å²) in [6.45, 7) is 4.54. The van der Waals surface area contributed by atoms with E-state index in [-0.39, 0.29) is 0 Å². The van der Waals surface area contributed by atoms with Crippen molar-refractivity contribution in [3.8, 4) is 11.8 Å². The van der Waals surface area contributed by atoms with Crippen LogP contribution in [0.1, 0.15) is 104 Å². The molecule has 0 unspecified atom stereocenters. The van der Waals surface area contributed by atoms with Crippen molar-refractivity contribution in [1.82, 2.24) is 0 Å². The Labute approximate surface area is 116 Å². The Hall–Kier alpha value is -0.440. The summed E-state index contributed by atoms with van der Waals surface area (Å²) in [4.78, 5) is 0. The van der Waals surface area contributed by atoms with E-state index in [4.69, 9.17) is 0 Å². The lowest BCUT2D eigenvalue weighted by Crippen LogP contribution is -1.79. The third kappa shape index (κ3) is 15.6. The van der Waals surface area contributed by atoms with Crippen LogP contribution in [0.2, 0.25) is 0 Å². The van der Waals surface area contributed by atoms with Crippen molar-refractivity contribution >= 4 is 0 Å². The largest absolute Gasteiger partial charge is 0.103 e. The van der Waals surface area contributed by atoms with Gasteiger partial charge in [-0.1, -0.05) is 78.1 Å². The van der Waals surface area contributed by atoms with E-state index in [1.54, 1.807) is 0 Å². The van der Waals surface area contributed by atoms with Gasteiger partial charge in [-0.15, -0.1) is 11.8 Å². The summed E-state index contributed by atoms with van der Waals surface area (Å²) in [7, 11) is 0. The summed E-state index contributed by atoms with van der Waals surface area (Å²) >= 11 is 0. The van der Waals surface area contributed by atoms with Gasteiger partial charge in [-0.05, 0) is 12.8 Å². The molecule has 0 aliphatic heterocycles. The molecule has 0 spiro atoms. The Kier molecular flexibility index (Phi) is 16.2. The quantitative estimate of drug-likeness (QED) is 0.274. The molecule has 0 radical (unpaired) electrons. The first kappa shape index (κ1) is 17.6. The molecule has 0 aromatic heterocycles. The SMILES string of the molecule is CCCCCCCCC#CCCCCCCCC. The van der Waals surface area contributed by atoms with Crippen LogP contribution in [0.15, 0.2) is 0 Å². The van der Waals surface area contributed by atoms with E-state index >= 15 is 0 Å². The van der Waals surface area contributed by atoms with Gasteiger partial charge < -0.3 is 0 Å². The molecule has 0 amide bonds. The van der Waals surface area contributed by atoms with Crippen LogP contribution in [-0.4, -0.2) is 0 Å². The molecule has 0 aliphatic rings. The molecule has 18 heavy (non-hydrogen) atoms. The van der Waals surface area contributed by atoms with Crippen LogP contribution in [0.5, 0.6) is 0 Å². The fourth-order valence-corrected chi connectivity index (χ4v) is 2.16. The minimum absolute atomic E-state index is 1.13. The molecular weight excluding hydrogens is 216 g/mol. The molecule has 0 aromatic rings. The fraction of sp³-hybridized carbons (Fsp3) is 0.889. The zero-order valence-corrected chi connectivity index (χ0v) is 12.9. The van der Waals surface area contributed by atoms with Crippen molar-refractivity contribution in [3.63, 3.8) is 0 Å². The maximum Gasteiger partial charge on any atom is 0.00886 e. The molecule has 0 aromatic carbocycles. The first-order valence-electron chi connectivity index (χ1n) is 8.37. The van der Waals surface area contributed by atoms with Crippen LogP contribution in [0.3, 0.4) is 0 Å². The van der Waals surface area contributed by atoms with Gasteiger partial charge in [-0.2, -0.15) is 0 Å². The molecule has 0 N–H and O–H groups in total. The van der Waals surface area contributed by atoms with E-state index in [9.17, 15) is 0 Å². The van der Waals surface area contributed by atoms with E-state index in [0.29, 0.717) is 0 Å². The summed E-state index contributed by atoms with van der Waals surface area (Å²) in [5, 5.41) is 0. The smallest absolute Gasteiger partial charge is 0.00886 e. The van der Waals surface area contributed by atoms with Crippen molar-refractivity contribution in [2.45, 2.75) is 104 Å². The van der Waals surface area contributed by atoms with Gasteiger partial charge in [-0.25, -0.2) is 0 Å². The molecule has 0 nitrogen and oxygen atoms in total. The van der Waals surface area contributed by atoms with Crippen LogP contribution in [0, 0.1) is 11.8 Å². The average molecular weight is 250 g/mol. The molecule has 106 valence electrons. The van der Waals surface area contributed by atoms with Gasteiger partial charge in [0.05, 0.1) is 0 Å². The van der Waals surface area contributed by atoms with Gasteiger partial charge in [0.25, 0.3) is 0 Å². The van der Waals surface area contributed by atoms with Gasteiger partial charge >= 0.3 is 0 Å². The lowest BCUT2D eigenvalue weighted by molar-refractivity contribution is 0.611. The first-order chi connectivity index (χ1) is 8.91. The minimum atomic E-state index is 1.13. The van der Waals surface area contributed by atoms with Crippen LogP contribution in [0.25, 0.3) is 0 Å². The van der Waals surface area contributed by atoms with Gasteiger partial charge in [0.2, 0.25) is 0 Å². The van der Waals surface area contributed by atoms with Gasteiger partial charge in [0, 0.05) is 12.8 Å². The minimum Gasteiger partial charge on any atom is -0.103 e. The van der Waals surface area contributed by atoms with E-state index in [2.05, 4.69) is 25.7 Å². The summed E-state index contributed by atoms with van der Waals surface area (Å²) < 4.78 is 0. The monoisotopic (exact) mass is 250 g/mol. The standard InChI is InChI=1S/C18H34/c1-3-5-7-9-11-13-15-17-18-16-14-12-10-8-6-4-2/h3-16H2,1-2H3. The summed E-state index contributed by atoms with van der Waals surface area (Å²) in [6, 6.07) is 0. The Morgan fingerprint density at radius 3 is 1.17 bits per heavy atom. The van der Waals surface area contributed by atoms with Crippen LogP contribution in [0.4, 0.5) is 0 Å². The molecule has 0 rings (SSSR count).